The maximum absolute atomic E-state index is 13.5. The van der Waals surface area contributed by atoms with Crippen molar-refractivity contribution >= 4 is 17.3 Å². The van der Waals surface area contributed by atoms with Gasteiger partial charge in [0.15, 0.2) is 11.6 Å². The molecule has 104 valence electrons. The summed E-state index contributed by atoms with van der Waals surface area (Å²) in [5, 5.41) is 2.97. The zero-order valence-corrected chi connectivity index (χ0v) is 11.4. The van der Waals surface area contributed by atoms with Crippen LogP contribution in [0.4, 0.5) is 21.7 Å². The highest BCUT2D eigenvalue weighted by Gasteiger charge is 2.26. The number of benzene rings is 1. The first-order valence-corrected chi connectivity index (χ1v) is 6.37. The molecule has 1 aromatic heterocycles. The molecule has 0 amide bonds. The molecule has 0 spiro atoms. The Morgan fingerprint density at radius 1 is 1.35 bits per heavy atom. The van der Waals surface area contributed by atoms with Gasteiger partial charge < -0.3 is 15.0 Å². The third-order valence-corrected chi connectivity index (χ3v) is 3.42. The van der Waals surface area contributed by atoms with Crippen LogP contribution in [-0.2, 0) is 6.42 Å². The average molecular weight is 274 g/mol. The van der Waals surface area contributed by atoms with Crippen LogP contribution < -0.4 is 15.0 Å². The molecule has 20 heavy (non-hydrogen) atoms. The second-order valence-electron chi connectivity index (χ2n) is 4.50. The molecule has 0 aliphatic carbocycles. The lowest BCUT2D eigenvalue weighted by Gasteiger charge is -2.21. The molecule has 2 aromatic rings. The van der Waals surface area contributed by atoms with Gasteiger partial charge in [-0.1, -0.05) is 6.07 Å². The molecule has 6 heteroatoms. The number of fused-ring (bicyclic) bond motifs is 1. The minimum absolute atomic E-state index is 0.252. The van der Waals surface area contributed by atoms with Crippen LogP contribution in [-0.4, -0.2) is 30.7 Å². The number of hydrogen-bond donors (Lipinski definition) is 1. The van der Waals surface area contributed by atoms with E-state index in [1.165, 1.54) is 18.5 Å². The topological polar surface area (TPSA) is 50.3 Å². The Bertz CT molecular complexity index is 647. The Kier molecular flexibility index (Phi) is 3.14. The Hall–Kier alpha value is -2.37. The fourth-order valence-electron chi connectivity index (χ4n) is 2.50. The zero-order chi connectivity index (χ0) is 14.1. The average Bonchev–Trinajstić information content (AvgIpc) is 2.89. The lowest BCUT2D eigenvalue weighted by atomic mass is 10.2. The first kappa shape index (κ1) is 12.7. The Morgan fingerprint density at radius 3 is 2.95 bits per heavy atom. The van der Waals surface area contributed by atoms with Gasteiger partial charge in [-0.2, -0.15) is 0 Å². The van der Waals surface area contributed by atoms with E-state index in [9.17, 15) is 4.39 Å². The van der Waals surface area contributed by atoms with E-state index in [0.717, 1.165) is 24.2 Å². The van der Waals surface area contributed by atoms with Crippen molar-refractivity contribution in [3.63, 3.8) is 0 Å². The van der Waals surface area contributed by atoms with Crippen molar-refractivity contribution in [1.29, 1.82) is 0 Å². The highest BCUT2D eigenvalue weighted by atomic mass is 19.1. The summed E-state index contributed by atoms with van der Waals surface area (Å²) in [5.74, 6) is 1.57. The number of methoxy groups -OCH3 is 1. The number of halogens is 1. The van der Waals surface area contributed by atoms with Crippen molar-refractivity contribution in [2.24, 2.45) is 0 Å². The minimum atomic E-state index is -0.252. The summed E-state index contributed by atoms with van der Waals surface area (Å²) in [6.45, 7) is 0.745. The molecule has 1 aliphatic heterocycles. The predicted octanol–water partition coefficient (Wildman–Crippen LogP) is 2.36. The smallest absolute Gasteiger partial charge is 0.204 e. The summed E-state index contributed by atoms with van der Waals surface area (Å²) in [6, 6.07) is 4.83. The van der Waals surface area contributed by atoms with E-state index < -0.39 is 0 Å². The van der Waals surface area contributed by atoms with Gasteiger partial charge in [0.25, 0.3) is 0 Å². The molecule has 0 unspecified atom stereocenters. The molecular weight excluding hydrogens is 259 g/mol. The Morgan fingerprint density at radius 2 is 2.20 bits per heavy atom. The fourth-order valence-corrected chi connectivity index (χ4v) is 2.50. The van der Waals surface area contributed by atoms with Gasteiger partial charge in [0.05, 0.1) is 7.11 Å². The van der Waals surface area contributed by atoms with Gasteiger partial charge in [0, 0.05) is 19.3 Å². The number of nitrogens with one attached hydrogen (secondary N) is 1. The van der Waals surface area contributed by atoms with Crippen LogP contribution in [0.5, 0.6) is 5.75 Å². The monoisotopic (exact) mass is 274 g/mol. The summed E-state index contributed by atoms with van der Waals surface area (Å²) >= 11 is 0. The third kappa shape index (κ3) is 1.93. The van der Waals surface area contributed by atoms with Crippen molar-refractivity contribution in [3.8, 4) is 5.75 Å². The first-order valence-electron chi connectivity index (χ1n) is 6.37. The molecular formula is C14H15FN4O. The van der Waals surface area contributed by atoms with E-state index in [2.05, 4.69) is 15.3 Å². The van der Waals surface area contributed by atoms with E-state index >= 15 is 0 Å². The zero-order valence-electron chi connectivity index (χ0n) is 11.4. The summed E-state index contributed by atoms with van der Waals surface area (Å²) < 4.78 is 18.9. The van der Waals surface area contributed by atoms with Crippen LogP contribution in [0.3, 0.4) is 0 Å². The van der Waals surface area contributed by atoms with Crippen LogP contribution in [0.1, 0.15) is 5.56 Å². The summed E-state index contributed by atoms with van der Waals surface area (Å²) in [4.78, 5) is 10.4. The van der Waals surface area contributed by atoms with E-state index in [-0.39, 0.29) is 5.82 Å². The number of aromatic nitrogens is 2. The van der Waals surface area contributed by atoms with Gasteiger partial charge in [-0.3, -0.25) is 0 Å². The second kappa shape index (κ2) is 4.96. The molecule has 3 rings (SSSR count). The van der Waals surface area contributed by atoms with E-state index in [0.29, 0.717) is 17.4 Å². The summed E-state index contributed by atoms with van der Waals surface area (Å²) in [7, 11) is 3.35. The van der Waals surface area contributed by atoms with Crippen molar-refractivity contribution in [2.75, 3.05) is 30.9 Å². The molecule has 1 aliphatic rings. The fraction of sp³-hybridized carbons (Fsp3) is 0.286. The molecule has 0 saturated carbocycles. The molecule has 0 atom stereocenters. The van der Waals surface area contributed by atoms with Crippen LogP contribution in [0, 0.1) is 5.82 Å². The van der Waals surface area contributed by atoms with Crippen LogP contribution in [0.25, 0.3) is 0 Å². The lowest BCUT2D eigenvalue weighted by Crippen LogP contribution is -2.17. The van der Waals surface area contributed by atoms with E-state index in [4.69, 9.17) is 4.74 Å². The van der Waals surface area contributed by atoms with Gasteiger partial charge in [0.2, 0.25) is 5.75 Å². The molecule has 1 N–H and O–H groups in total. The van der Waals surface area contributed by atoms with Gasteiger partial charge >= 0.3 is 0 Å². The van der Waals surface area contributed by atoms with Crippen LogP contribution >= 0.6 is 0 Å². The molecule has 1 aromatic carbocycles. The summed E-state index contributed by atoms with van der Waals surface area (Å²) in [6.07, 6.45) is 2.33. The quantitative estimate of drug-likeness (QED) is 0.931. The van der Waals surface area contributed by atoms with Crippen LogP contribution in [0.15, 0.2) is 24.5 Å². The largest absolute Gasteiger partial charge is 0.490 e. The SMILES string of the molecule is CNc1ncnc(N2CCc3ccc(F)cc32)c1OC. The number of nitrogens with zero attached hydrogens (tertiary/aromatic N) is 3. The van der Waals surface area contributed by atoms with Crippen LogP contribution in [0.2, 0.25) is 0 Å². The maximum atomic E-state index is 13.5. The third-order valence-electron chi connectivity index (χ3n) is 3.42. The molecule has 0 fully saturated rings. The second-order valence-corrected chi connectivity index (χ2v) is 4.50. The predicted molar refractivity (Wildman–Crippen MR) is 75.2 cm³/mol. The van der Waals surface area contributed by atoms with Crippen molar-refractivity contribution in [1.82, 2.24) is 9.97 Å². The molecule has 0 bridgehead atoms. The van der Waals surface area contributed by atoms with Gasteiger partial charge in [-0.15, -0.1) is 0 Å². The lowest BCUT2D eigenvalue weighted by molar-refractivity contribution is 0.413. The van der Waals surface area contributed by atoms with Crippen molar-refractivity contribution in [2.45, 2.75) is 6.42 Å². The summed E-state index contributed by atoms with van der Waals surface area (Å²) in [5.41, 5.74) is 1.95. The highest BCUT2D eigenvalue weighted by molar-refractivity contribution is 5.75. The van der Waals surface area contributed by atoms with Gasteiger partial charge in [0.1, 0.15) is 12.1 Å². The number of rotatable bonds is 3. The molecule has 0 radical (unpaired) electrons. The standard InChI is InChI=1S/C14H15FN4O/c1-16-13-12(20-2)14(18-8-17-13)19-6-5-9-3-4-10(15)7-11(9)19/h3-4,7-8H,5-6H2,1-2H3,(H,16,17,18). The van der Waals surface area contributed by atoms with E-state index in [1.807, 2.05) is 11.0 Å². The van der Waals surface area contributed by atoms with Gasteiger partial charge in [-0.25, -0.2) is 14.4 Å². The van der Waals surface area contributed by atoms with Crippen molar-refractivity contribution in [3.05, 3.63) is 35.9 Å². The number of hydrogen-bond acceptors (Lipinski definition) is 5. The maximum Gasteiger partial charge on any atom is 0.204 e. The molecule has 2 heterocycles. The number of ether oxygens (including phenoxy) is 1. The first-order chi connectivity index (χ1) is 9.74. The minimum Gasteiger partial charge on any atom is -0.490 e. The van der Waals surface area contributed by atoms with Gasteiger partial charge in [-0.05, 0) is 24.1 Å². The van der Waals surface area contributed by atoms with E-state index in [1.54, 1.807) is 14.2 Å². The molecule has 0 saturated heterocycles. The Labute approximate surface area is 116 Å². The molecule has 5 nitrogen and oxygen atoms in total. The number of anilines is 3. The van der Waals surface area contributed by atoms with Crippen molar-refractivity contribution < 1.29 is 9.13 Å². The normalized spacial score (nSPS) is 13.2. The Balaban J connectivity index is 2.10. The highest BCUT2D eigenvalue weighted by Crippen LogP contribution is 2.40.